The van der Waals surface area contributed by atoms with Crippen molar-refractivity contribution < 1.29 is 9.53 Å². The van der Waals surface area contributed by atoms with Gasteiger partial charge in [-0.2, -0.15) is 0 Å². The van der Waals surface area contributed by atoms with Gasteiger partial charge in [-0.1, -0.05) is 56.3 Å². The van der Waals surface area contributed by atoms with Gasteiger partial charge in [0.2, 0.25) is 5.91 Å². The Kier molecular flexibility index (Phi) is 5.43. The van der Waals surface area contributed by atoms with E-state index in [0.717, 1.165) is 22.4 Å². The lowest BCUT2D eigenvalue weighted by atomic mass is 9.75. The molecule has 0 aliphatic carbocycles. The second-order valence-corrected chi connectivity index (χ2v) is 5.91. The van der Waals surface area contributed by atoms with E-state index in [2.05, 4.69) is 0 Å². The largest absolute Gasteiger partial charge is 0.489 e. The third-order valence-electron chi connectivity index (χ3n) is 4.64. The van der Waals surface area contributed by atoms with Gasteiger partial charge in [0, 0.05) is 0 Å². The van der Waals surface area contributed by atoms with Gasteiger partial charge < -0.3 is 10.5 Å². The molecule has 0 heterocycles. The first-order valence-corrected chi connectivity index (χ1v) is 8.11. The number of nitrogens with two attached hydrogens (primary N) is 1. The summed E-state index contributed by atoms with van der Waals surface area (Å²) in [6, 6.07) is 16.0. The molecule has 0 saturated heterocycles. The number of carbonyl (C=O) groups excluding carboxylic acids is 1. The molecular weight excluding hydrogens is 286 g/mol. The van der Waals surface area contributed by atoms with Crippen LogP contribution in [-0.4, -0.2) is 5.91 Å². The molecule has 0 spiro atoms. The maximum Gasteiger partial charge on any atom is 0.228 e. The summed E-state index contributed by atoms with van der Waals surface area (Å²) in [5, 5.41) is 0. The van der Waals surface area contributed by atoms with E-state index in [1.807, 2.05) is 69.3 Å². The number of carbonyl (C=O) groups is 1. The molecule has 0 aliphatic heterocycles. The van der Waals surface area contributed by atoms with Crippen molar-refractivity contribution in [3.8, 4) is 5.75 Å². The van der Waals surface area contributed by atoms with Crippen LogP contribution in [0.1, 0.15) is 43.4 Å². The highest BCUT2D eigenvalue weighted by Crippen LogP contribution is 2.34. The molecule has 3 heteroatoms. The van der Waals surface area contributed by atoms with Crippen LogP contribution in [-0.2, 0) is 16.8 Å². The van der Waals surface area contributed by atoms with Gasteiger partial charge in [-0.25, -0.2) is 0 Å². The highest BCUT2D eigenvalue weighted by Gasteiger charge is 2.35. The van der Waals surface area contributed by atoms with Crippen LogP contribution in [0.2, 0.25) is 0 Å². The van der Waals surface area contributed by atoms with Gasteiger partial charge in [0.05, 0.1) is 5.41 Å². The van der Waals surface area contributed by atoms with Gasteiger partial charge in [0.1, 0.15) is 12.4 Å². The van der Waals surface area contributed by atoms with E-state index < -0.39 is 5.41 Å². The number of ether oxygens (including phenoxy) is 1. The molecule has 0 atom stereocenters. The van der Waals surface area contributed by atoms with Crippen molar-refractivity contribution >= 4 is 5.91 Å². The normalized spacial score (nSPS) is 11.3. The second kappa shape index (κ2) is 7.32. The Hall–Kier alpha value is -2.29. The van der Waals surface area contributed by atoms with Crippen LogP contribution in [0.15, 0.2) is 48.5 Å². The standard InChI is InChI=1S/C20H25NO2/c1-4-20(5-2,19(21)22)17-11-12-18(15(3)13-17)23-14-16-9-7-6-8-10-16/h6-13H,4-5,14H2,1-3H3,(H2,21,22). The smallest absolute Gasteiger partial charge is 0.228 e. The Bertz CT molecular complexity index is 661. The van der Waals surface area contributed by atoms with Gasteiger partial charge >= 0.3 is 0 Å². The Morgan fingerprint density at radius 3 is 2.26 bits per heavy atom. The Balaban J connectivity index is 2.22. The van der Waals surface area contributed by atoms with Crippen LogP contribution in [0.3, 0.4) is 0 Å². The third-order valence-corrected chi connectivity index (χ3v) is 4.64. The molecule has 3 nitrogen and oxygen atoms in total. The number of amides is 1. The molecule has 2 rings (SSSR count). The highest BCUT2D eigenvalue weighted by molar-refractivity contribution is 5.86. The predicted molar refractivity (Wildman–Crippen MR) is 93.4 cm³/mol. The zero-order valence-electron chi connectivity index (χ0n) is 14.1. The van der Waals surface area contributed by atoms with Gasteiger partial charge in [0.25, 0.3) is 0 Å². The quantitative estimate of drug-likeness (QED) is 0.836. The summed E-state index contributed by atoms with van der Waals surface area (Å²) in [7, 11) is 0. The van der Waals surface area contributed by atoms with Crippen LogP contribution in [0.5, 0.6) is 5.75 Å². The van der Waals surface area contributed by atoms with Crippen molar-refractivity contribution in [1.29, 1.82) is 0 Å². The molecule has 0 aromatic heterocycles. The van der Waals surface area contributed by atoms with Gasteiger partial charge in [0.15, 0.2) is 0 Å². The van der Waals surface area contributed by atoms with E-state index in [9.17, 15) is 4.79 Å². The van der Waals surface area contributed by atoms with E-state index in [1.165, 1.54) is 0 Å². The van der Waals surface area contributed by atoms with Crippen molar-refractivity contribution in [2.24, 2.45) is 5.73 Å². The number of hydrogen-bond acceptors (Lipinski definition) is 2. The summed E-state index contributed by atoms with van der Waals surface area (Å²) in [5.74, 6) is 0.572. The molecule has 0 saturated carbocycles. The van der Waals surface area contributed by atoms with Crippen molar-refractivity contribution in [1.82, 2.24) is 0 Å². The first-order chi connectivity index (χ1) is 11.0. The highest BCUT2D eigenvalue weighted by atomic mass is 16.5. The van der Waals surface area contributed by atoms with Gasteiger partial charge in [-0.15, -0.1) is 0 Å². The summed E-state index contributed by atoms with van der Waals surface area (Å²) < 4.78 is 5.90. The van der Waals surface area contributed by atoms with Crippen LogP contribution >= 0.6 is 0 Å². The van der Waals surface area contributed by atoms with E-state index in [-0.39, 0.29) is 5.91 Å². The first-order valence-electron chi connectivity index (χ1n) is 8.11. The molecule has 2 N–H and O–H groups in total. The zero-order valence-corrected chi connectivity index (χ0v) is 14.1. The number of benzene rings is 2. The van der Waals surface area contributed by atoms with Crippen LogP contribution in [0.4, 0.5) is 0 Å². The molecule has 0 bridgehead atoms. The number of aryl methyl sites for hydroxylation is 1. The lowest BCUT2D eigenvalue weighted by Gasteiger charge is -2.29. The van der Waals surface area contributed by atoms with Crippen molar-refractivity contribution in [3.05, 3.63) is 65.2 Å². The fourth-order valence-electron chi connectivity index (χ4n) is 2.99. The minimum atomic E-state index is -0.595. The summed E-state index contributed by atoms with van der Waals surface area (Å²) in [6.07, 6.45) is 1.39. The lowest BCUT2D eigenvalue weighted by molar-refractivity contribution is -0.123. The molecule has 0 unspecified atom stereocenters. The maximum atomic E-state index is 12.0. The molecule has 1 amide bonds. The zero-order chi connectivity index (χ0) is 16.9. The SMILES string of the molecule is CCC(CC)(C(N)=O)c1ccc(OCc2ccccc2)c(C)c1. The lowest BCUT2D eigenvalue weighted by Crippen LogP contribution is -2.40. The molecular formula is C20H25NO2. The fraction of sp³-hybridized carbons (Fsp3) is 0.350. The predicted octanol–water partition coefficient (Wildman–Crippen LogP) is 4.12. The van der Waals surface area contributed by atoms with Crippen molar-refractivity contribution in [3.63, 3.8) is 0 Å². The Morgan fingerprint density at radius 1 is 1.09 bits per heavy atom. The van der Waals surface area contributed by atoms with Crippen molar-refractivity contribution in [2.45, 2.75) is 45.6 Å². The van der Waals surface area contributed by atoms with Crippen LogP contribution in [0.25, 0.3) is 0 Å². The summed E-state index contributed by atoms with van der Waals surface area (Å²) in [4.78, 5) is 12.0. The summed E-state index contributed by atoms with van der Waals surface area (Å²) in [6.45, 7) is 6.54. The molecule has 0 fully saturated rings. The molecule has 2 aromatic carbocycles. The number of rotatable bonds is 7. The second-order valence-electron chi connectivity index (χ2n) is 5.91. The molecule has 2 aromatic rings. The topological polar surface area (TPSA) is 52.3 Å². The summed E-state index contributed by atoms with van der Waals surface area (Å²) >= 11 is 0. The Morgan fingerprint density at radius 2 is 1.74 bits per heavy atom. The first kappa shape index (κ1) is 17.1. The average Bonchev–Trinajstić information content (AvgIpc) is 2.56. The molecule has 0 aliphatic rings. The Labute approximate surface area is 138 Å². The number of hydrogen-bond donors (Lipinski definition) is 1. The summed E-state index contributed by atoms with van der Waals surface area (Å²) in [5.41, 5.74) is 8.20. The minimum Gasteiger partial charge on any atom is -0.489 e. The maximum absolute atomic E-state index is 12.0. The minimum absolute atomic E-state index is 0.264. The number of primary amides is 1. The van der Waals surface area contributed by atoms with Gasteiger partial charge in [-0.3, -0.25) is 4.79 Å². The van der Waals surface area contributed by atoms with E-state index in [4.69, 9.17) is 10.5 Å². The van der Waals surface area contributed by atoms with E-state index in [1.54, 1.807) is 0 Å². The molecule has 23 heavy (non-hydrogen) atoms. The molecule has 122 valence electrons. The monoisotopic (exact) mass is 311 g/mol. The van der Waals surface area contributed by atoms with E-state index >= 15 is 0 Å². The average molecular weight is 311 g/mol. The third kappa shape index (κ3) is 3.55. The fourth-order valence-corrected chi connectivity index (χ4v) is 2.99. The van der Waals surface area contributed by atoms with Crippen LogP contribution < -0.4 is 10.5 Å². The van der Waals surface area contributed by atoms with E-state index in [0.29, 0.717) is 19.4 Å². The molecule has 0 radical (unpaired) electrons. The van der Waals surface area contributed by atoms with Crippen molar-refractivity contribution in [2.75, 3.05) is 0 Å². The van der Waals surface area contributed by atoms with Gasteiger partial charge in [-0.05, 0) is 42.5 Å². The van der Waals surface area contributed by atoms with Crippen LogP contribution in [0, 0.1) is 6.92 Å².